The number of nitrogens with one attached hydrogen (secondary N) is 2. The van der Waals surface area contributed by atoms with Crippen molar-refractivity contribution in [3.8, 4) is 0 Å². The second-order valence-corrected chi connectivity index (χ2v) is 9.33. The van der Waals surface area contributed by atoms with Gasteiger partial charge in [0, 0.05) is 18.8 Å². The minimum atomic E-state index is -4.17. The van der Waals surface area contributed by atoms with E-state index in [1.54, 1.807) is 12.1 Å². The van der Waals surface area contributed by atoms with E-state index >= 15 is 0 Å². The van der Waals surface area contributed by atoms with E-state index in [9.17, 15) is 8.42 Å². The SMILES string of the molecule is CCCCCCN(CCCCCC)c1ccc(NNc2ccc(S(=O)(=O)O)cc2)cc1. The van der Waals surface area contributed by atoms with Crippen LogP contribution in [-0.2, 0) is 10.1 Å². The van der Waals surface area contributed by atoms with Crippen molar-refractivity contribution in [3.05, 3.63) is 48.5 Å². The second kappa shape index (κ2) is 13.2. The Morgan fingerprint density at radius 2 is 1.16 bits per heavy atom. The van der Waals surface area contributed by atoms with Crippen molar-refractivity contribution in [3.63, 3.8) is 0 Å². The maximum Gasteiger partial charge on any atom is 0.294 e. The van der Waals surface area contributed by atoms with E-state index in [1.165, 1.54) is 69.2 Å². The number of hydrogen-bond acceptors (Lipinski definition) is 5. The molecule has 2 aromatic rings. The zero-order valence-electron chi connectivity index (χ0n) is 18.8. The quantitative estimate of drug-likeness (QED) is 0.168. The van der Waals surface area contributed by atoms with Crippen LogP contribution in [0.25, 0.3) is 0 Å². The Kier molecular flexibility index (Phi) is 10.7. The molecule has 0 amide bonds. The maximum absolute atomic E-state index is 11.1. The fourth-order valence-electron chi connectivity index (χ4n) is 3.44. The summed E-state index contributed by atoms with van der Waals surface area (Å²) in [7, 11) is -4.17. The number of unbranched alkanes of at least 4 members (excludes halogenated alkanes) is 6. The molecular weight excluding hydrogens is 410 g/mol. The molecule has 0 aliphatic heterocycles. The normalized spacial score (nSPS) is 11.3. The Bertz CT molecular complexity index is 841. The van der Waals surface area contributed by atoms with Gasteiger partial charge in [0.05, 0.1) is 16.3 Å². The molecule has 3 N–H and O–H groups in total. The third-order valence-electron chi connectivity index (χ3n) is 5.30. The molecular formula is C24H37N3O3S. The Labute approximate surface area is 187 Å². The lowest BCUT2D eigenvalue weighted by Gasteiger charge is -2.25. The largest absolute Gasteiger partial charge is 0.372 e. The molecule has 7 heteroatoms. The molecule has 2 rings (SSSR count). The van der Waals surface area contributed by atoms with Crippen LogP contribution in [0.4, 0.5) is 17.1 Å². The highest BCUT2D eigenvalue weighted by atomic mass is 32.2. The molecule has 0 saturated heterocycles. The zero-order valence-corrected chi connectivity index (χ0v) is 19.6. The van der Waals surface area contributed by atoms with Crippen molar-refractivity contribution < 1.29 is 13.0 Å². The number of anilines is 3. The fraction of sp³-hybridized carbons (Fsp3) is 0.500. The highest BCUT2D eigenvalue weighted by Crippen LogP contribution is 2.21. The van der Waals surface area contributed by atoms with Crippen molar-refractivity contribution in [2.45, 2.75) is 70.1 Å². The first-order valence-electron chi connectivity index (χ1n) is 11.4. The molecule has 0 atom stereocenters. The highest BCUT2D eigenvalue weighted by Gasteiger charge is 2.09. The third-order valence-corrected chi connectivity index (χ3v) is 6.17. The van der Waals surface area contributed by atoms with E-state index in [2.05, 4.69) is 41.7 Å². The Hall–Kier alpha value is -2.25. The highest BCUT2D eigenvalue weighted by molar-refractivity contribution is 7.85. The van der Waals surface area contributed by atoms with Gasteiger partial charge in [-0.05, 0) is 61.4 Å². The molecule has 0 aliphatic rings. The number of rotatable bonds is 15. The molecule has 0 unspecified atom stereocenters. The van der Waals surface area contributed by atoms with E-state index in [4.69, 9.17) is 4.55 Å². The van der Waals surface area contributed by atoms with Crippen LogP contribution < -0.4 is 15.8 Å². The molecule has 0 aliphatic carbocycles. The predicted octanol–water partition coefficient (Wildman–Crippen LogP) is 6.34. The molecule has 172 valence electrons. The maximum atomic E-state index is 11.1. The number of benzene rings is 2. The zero-order chi connectivity index (χ0) is 22.5. The van der Waals surface area contributed by atoms with Crippen LogP contribution in [0.2, 0.25) is 0 Å². The smallest absolute Gasteiger partial charge is 0.294 e. The number of hydrogen-bond donors (Lipinski definition) is 3. The molecule has 0 fully saturated rings. The summed E-state index contributed by atoms with van der Waals surface area (Å²) in [6.07, 6.45) is 10.1. The molecule has 0 bridgehead atoms. The van der Waals surface area contributed by atoms with Crippen molar-refractivity contribution in [2.75, 3.05) is 28.8 Å². The standard InChI is InChI=1S/C24H37N3O3S/c1-3-5-7-9-19-27(20-10-8-6-4-2)23-15-11-21(12-16-23)25-26-22-13-17-24(18-14-22)31(28,29)30/h11-18,25-26H,3-10,19-20H2,1-2H3,(H,28,29,30). The van der Waals surface area contributed by atoms with Crippen molar-refractivity contribution in [1.82, 2.24) is 0 Å². The fourth-order valence-corrected chi connectivity index (χ4v) is 3.92. The molecule has 2 aromatic carbocycles. The lowest BCUT2D eigenvalue weighted by molar-refractivity contribution is 0.483. The second-order valence-electron chi connectivity index (χ2n) is 7.90. The first kappa shape index (κ1) is 25.0. The molecule has 31 heavy (non-hydrogen) atoms. The van der Waals surface area contributed by atoms with Gasteiger partial charge in [-0.1, -0.05) is 52.4 Å². The van der Waals surface area contributed by atoms with Gasteiger partial charge in [-0.25, -0.2) is 0 Å². The lowest BCUT2D eigenvalue weighted by atomic mass is 10.1. The Morgan fingerprint density at radius 3 is 1.58 bits per heavy atom. The van der Waals surface area contributed by atoms with Crippen molar-refractivity contribution in [1.29, 1.82) is 0 Å². The lowest BCUT2D eigenvalue weighted by Crippen LogP contribution is -2.25. The van der Waals surface area contributed by atoms with Gasteiger partial charge in [-0.15, -0.1) is 0 Å². The van der Waals surface area contributed by atoms with Crippen LogP contribution in [0.3, 0.4) is 0 Å². The van der Waals surface area contributed by atoms with Crippen LogP contribution in [0.5, 0.6) is 0 Å². The van der Waals surface area contributed by atoms with Gasteiger partial charge in [-0.2, -0.15) is 8.42 Å². The van der Waals surface area contributed by atoms with Crippen molar-refractivity contribution >= 4 is 27.2 Å². The van der Waals surface area contributed by atoms with Crippen LogP contribution in [0.1, 0.15) is 65.2 Å². The van der Waals surface area contributed by atoms with E-state index in [1.807, 2.05) is 12.1 Å². The van der Waals surface area contributed by atoms with Gasteiger partial charge in [0.15, 0.2) is 0 Å². The summed E-state index contributed by atoms with van der Waals surface area (Å²) in [5.74, 6) is 0. The minimum absolute atomic E-state index is 0.125. The van der Waals surface area contributed by atoms with Crippen LogP contribution in [0.15, 0.2) is 53.4 Å². The van der Waals surface area contributed by atoms with Gasteiger partial charge in [0.25, 0.3) is 10.1 Å². The molecule has 6 nitrogen and oxygen atoms in total. The summed E-state index contributed by atoms with van der Waals surface area (Å²) in [5, 5.41) is 0. The summed E-state index contributed by atoms with van der Waals surface area (Å²) in [4.78, 5) is 2.37. The monoisotopic (exact) mass is 447 g/mol. The van der Waals surface area contributed by atoms with E-state index in [-0.39, 0.29) is 4.90 Å². The first-order chi connectivity index (χ1) is 14.9. The molecule has 0 spiro atoms. The molecule has 0 aromatic heterocycles. The van der Waals surface area contributed by atoms with Gasteiger partial charge in [0.2, 0.25) is 0 Å². The topological polar surface area (TPSA) is 81.7 Å². The minimum Gasteiger partial charge on any atom is -0.372 e. The molecule has 0 heterocycles. The number of hydrazine groups is 1. The summed E-state index contributed by atoms with van der Waals surface area (Å²) < 4.78 is 31.3. The average molecular weight is 448 g/mol. The summed E-state index contributed by atoms with van der Waals surface area (Å²) in [6, 6.07) is 14.3. The molecule has 0 saturated carbocycles. The molecule has 0 radical (unpaired) electrons. The van der Waals surface area contributed by atoms with Crippen molar-refractivity contribution in [2.24, 2.45) is 0 Å². The van der Waals surface area contributed by atoms with Crippen LogP contribution >= 0.6 is 0 Å². The average Bonchev–Trinajstić information content (AvgIpc) is 2.77. The van der Waals surface area contributed by atoms with E-state index in [0.717, 1.165) is 18.8 Å². The first-order valence-corrected chi connectivity index (χ1v) is 12.8. The Morgan fingerprint density at radius 1 is 0.710 bits per heavy atom. The summed E-state index contributed by atoms with van der Waals surface area (Å²) in [5.41, 5.74) is 9.03. The van der Waals surface area contributed by atoms with E-state index < -0.39 is 10.1 Å². The van der Waals surface area contributed by atoms with Crippen LogP contribution in [0, 0.1) is 0 Å². The van der Waals surface area contributed by atoms with Gasteiger partial charge in [-0.3, -0.25) is 4.55 Å². The third kappa shape index (κ3) is 9.19. The van der Waals surface area contributed by atoms with Crippen LogP contribution in [-0.4, -0.2) is 26.1 Å². The summed E-state index contributed by atoms with van der Waals surface area (Å²) >= 11 is 0. The number of nitrogens with zero attached hydrogens (tertiary/aromatic N) is 1. The van der Waals surface area contributed by atoms with E-state index in [0.29, 0.717) is 5.69 Å². The van der Waals surface area contributed by atoms with Gasteiger partial charge in [0.1, 0.15) is 0 Å². The Balaban J connectivity index is 1.92. The predicted molar refractivity (Wildman–Crippen MR) is 130 cm³/mol. The summed E-state index contributed by atoms with van der Waals surface area (Å²) in [6.45, 7) is 6.67. The van der Waals surface area contributed by atoms with Gasteiger partial charge >= 0.3 is 0 Å². The van der Waals surface area contributed by atoms with Gasteiger partial charge < -0.3 is 15.8 Å².